The van der Waals surface area contributed by atoms with Crippen molar-refractivity contribution in [3.63, 3.8) is 0 Å². The number of carbonyl (C=O) groups is 2. The number of amides is 2. The van der Waals surface area contributed by atoms with E-state index in [0.717, 1.165) is 11.3 Å². The third kappa shape index (κ3) is 4.20. The number of thioether (sulfide) groups is 1. The highest BCUT2D eigenvalue weighted by atomic mass is 32.2. The summed E-state index contributed by atoms with van der Waals surface area (Å²) in [5, 5.41) is 5.33. The molecule has 1 fully saturated rings. The monoisotopic (exact) mass is 386 g/mol. The van der Waals surface area contributed by atoms with Crippen LogP contribution in [0.5, 0.6) is 0 Å². The Bertz CT molecular complexity index is 849. The highest BCUT2D eigenvalue weighted by Gasteiger charge is 2.38. The molecule has 3 rings (SSSR count). The Labute approximate surface area is 160 Å². The summed E-state index contributed by atoms with van der Waals surface area (Å²) in [6, 6.07) is 7.55. The summed E-state index contributed by atoms with van der Waals surface area (Å²) >= 11 is 2.69. The number of carbonyl (C=O) groups excluding carboxylic acids is 2. The van der Waals surface area contributed by atoms with Gasteiger partial charge in [-0.25, -0.2) is 4.98 Å². The van der Waals surface area contributed by atoms with Gasteiger partial charge < -0.3 is 5.32 Å². The van der Waals surface area contributed by atoms with Gasteiger partial charge in [0.05, 0.1) is 0 Å². The van der Waals surface area contributed by atoms with Crippen molar-refractivity contribution >= 4 is 50.9 Å². The van der Waals surface area contributed by atoms with Crippen LogP contribution in [0.4, 0.5) is 10.8 Å². The average Bonchev–Trinajstić information content (AvgIpc) is 3.22. The first kappa shape index (κ1) is 18.3. The summed E-state index contributed by atoms with van der Waals surface area (Å²) in [4.78, 5) is 35.2. The van der Waals surface area contributed by atoms with Gasteiger partial charge in [0.25, 0.3) is 0 Å². The lowest BCUT2D eigenvalue weighted by Crippen LogP contribution is -2.33. The van der Waals surface area contributed by atoms with Crippen molar-refractivity contribution in [1.82, 2.24) is 9.88 Å². The molecule has 1 unspecified atom stereocenters. The van der Waals surface area contributed by atoms with Crippen LogP contribution in [0.15, 0.2) is 53.5 Å². The fourth-order valence-electron chi connectivity index (χ4n) is 2.46. The number of nitrogens with one attached hydrogen (secondary N) is 1. The molecule has 1 N–H and O–H groups in total. The summed E-state index contributed by atoms with van der Waals surface area (Å²) < 4.78 is 0. The van der Waals surface area contributed by atoms with Crippen LogP contribution in [-0.4, -0.2) is 38.7 Å². The molecule has 2 aromatic rings. The Morgan fingerprint density at radius 3 is 2.96 bits per heavy atom. The molecule has 1 aliphatic rings. The number of hydrogen-bond acceptors (Lipinski definition) is 6. The summed E-state index contributed by atoms with van der Waals surface area (Å²) in [5.74, 6) is -0.329. The van der Waals surface area contributed by atoms with Crippen molar-refractivity contribution in [3.05, 3.63) is 54.1 Å². The minimum absolute atomic E-state index is 0.0857. The van der Waals surface area contributed by atoms with Gasteiger partial charge in [0.15, 0.2) is 5.17 Å². The van der Waals surface area contributed by atoms with Crippen LogP contribution in [-0.2, 0) is 9.59 Å². The zero-order valence-corrected chi connectivity index (χ0v) is 15.8. The summed E-state index contributed by atoms with van der Waals surface area (Å²) in [6.45, 7) is 5.97. The van der Waals surface area contributed by atoms with Crippen molar-refractivity contribution < 1.29 is 9.59 Å². The number of aromatic nitrogens is 1. The van der Waals surface area contributed by atoms with Crippen molar-refractivity contribution in [2.75, 3.05) is 11.9 Å². The largest absolute Gasteiger partial charge is 0.326 e. The summed E-state index contributed by atoms with van der Waals surface area (Å²) in [6.07, 6.45) is 3.39. The Kier molecular flexibility index (Phi) is 5.85. The number of benzene rings is 1. The quantitative estimate of drug-likeness (QED) is 0.770. The molecule has 1 aromatic heterocycles. The number of aliphatic imine (C=N–C) groups is 1. The molecule has 2 amide bonds. The zero-order valence-electron chi connectivity index (χ0n) is 14.2. The van der Waals surface area contributed by atoms with Crippen LogP contribution in [0, 0.1) is 6.92 Å². The third-order valence-electron chi connectivity index (χ3n) is 3.73. The lowest BCUT2D eigenvalue weighted by atomic mass is 10.2. The number of hydrogen-bond donors (Lipinski definition) is 1. The third-order valence-corrected chi connectivity index (χ3v) is 5.57. The van der Waals surface area contributed by atoms with E-state index in [9.17, 15) is 9.59 Å². The van der Waals surface area contributed by atoms with Gasteiger partial charge in [0.2, 0.25) is 16.9 Å². The van der Waals surface area contributed by atoms with Crippen molar-refractivity contribution in [2.45, 2.75) is 18.6 Å². The first-order valence-corrected chi connectivity index (χ1v) is 9.77. The molecule has 1 aliphatic heterocycles. The maximum atomic E-state index is 12.7. The van der Waals surface area contributed by atoms with Crippen molar-refractivity contribution in [2.24, 2.45) is 4.99 Å². The minimum atomic E-state index is -0.502. The van der Waals surface area contributed by atoms with Crippen LogP contribution in [0.25, 0.3) is 0 Å². The number of amidine groups is 1. The topological polar surface area (TPSA) is 74.7 Å². The molecule has 2 heterocycles. The standard InChI is InChI=1S/C18H18N4O2S2/c1-3-9-22-16(24)14(26-18(22)21-17-19-8-10-25-17)11-15(23)20-13-7-5-4-6-12(13)2/h3-8,10,14H,1,9,11H2,2H3,(H,20,23). The fourth-order valence-corrected chi connectivity index (χ4v) is 4.17. The van der Waals surface area contributed by atoms with E-state index in [0.29, 0.717) is 16.8 Å². The highest BCUT2D eigenvalue weighted by molar-refractivity contribution is 8.15. The number of aryl methyl sites for hydroxylation is 1. The lowest BCUT2D eigenvalue weighted by Gasteiger charge is -2.13. The average molecular weight is 387 g/mol. The molecule has 0 bridgehead atoms. The number of para-hydroxylation sites is 1. The number of nitrogens with zero attached hydrogens (tertiary/aromatic N) is 3. The second-order valence-corrected chi connectivity index (χ2v) is 7.66. The van der Waals surface area contributed by atoms with E-state index in [2.05, 4.69) is 21.9 Å². The van der Waals surface area contributed by atoms with E-state index in [1.165, 1.54) is 23.1 Å². The fraction of sp³-hybridized carbons (Fsp3) is 0.222. The predicted octanol–water partition coefficient (Wildman–Crippen LogP) is 3.60. The van der Waals surface area contributed by atoms with E-state index >= 15 is 0 Å². The number of thiazole rings is 1. The van der Waals surface area contributed by atoms with Gasteiger partial charge in [-0.1, -0.05) is 36.0 Å². The first-order chi connectivity index (χ1) is 12.6. The van der Waals surface area contributed by atoms with Crippen LogP contribution in [0.3, 0.4) is 0 Å². The molecule has 0 saturated carbocycles. The second kappa shape index (κ2) is 8.29. The van der Waals surface area contributed by atoms with Gasteiger partial charge in [-0.3, -0.25) is 14.5 Å². The normalized spacial score (nSPS) is 18.3. The molecular weight excluding hydrogens is 368 g/mol. The minimum Gasteiger partial charge on any atom is -0.326 e. The van der Waals surface area contributed by atoms with E-state index in [1.54, 1.807) is 17.2 Å². The SMILES string of the molecule is C=CCN1C(=O)C(CC(=O)Nc2ccccc2C)SC1=Nc1nccs1. The Morgan fingerprint density at radius 1 is 1.46 bits per heavy atom. The predicted molar refractivity (Wildman–Crippen MR) is 107 cm³/mol. The van der Waals surface area contributed by atoms with Crippen LogP contribution >= 0.6 is 23.1 Å². The van der Waals surface area contributed by atoms with Gasteiger partial charge in [-0.2, -0.15) is 4.99 Å². The molecule has 1 saturated heterocycles. The lowest BCUT2D eigenvalue weighted by molar-refractivity contribution is -0.127. The molecular formula is C18H18N4O2S2. The molecule has 26 heavy (non-hydrogen) atoms. The summed E-state index contributed by atoms with van der Waals surface area (Å²) in [5.41, 5.74) is 1.73. The zero-order chi connectivity index (χ0) is 18.5. The Morgan fingerprint density at radius 2 is 2.27 bits per heavy atom. The molecule has 6 nitrogen and oxygen atoms in total. The maximum Gasteiger partial charge on any atom is 0.242 e. The van der Waals surface area contributed by atoms with Gasteiger partial charge in [0.1, 0.15) is 5.25 Å². The molecule has 8 heteroatoms. The Hall–Kier alpha value is -2.45. The number of anilines is 1. The van der Waals surface area contributed by atoms with Gasteiger partial charge in [-0.15, -0.1) is 17.9 Å². The molecule has 134 valence electrons. The van der Waals surface area contributed by atoms with E-state index in [-0.39, 0.29) is 18.2 Å². The Balaban J connectivity index is 1.72. The van der Waals surface area contributed by atoms with Crippen molar-refractivity contribution in [3.8, 4) is 0 Å². The van der Waals surface area contributed by atoms with E-state index < -0.39 is 5.25 Å². The molecule has 0 radical (unpaired) electrons. The van der Waals surface area contributed by atoms with Gasteiger partial charge in [-0.05, 0) is 18.6 Å². The molecule has 0 spiro atoms. The maximum absolute atomic E-state index is 12.7. The highest BCUT2D eigenvalue weighted by Crippen LogP contribution is 2.32. The van der Waals surface area contributed by atoms with Crippen LogP contribution in [0.2, 0.25) is 0 Å². The molecule has 1 aromatic carbocycles. The molecule has 0 aliphatic carbocycles. The first-order valence-electron chi connectivity index (χ1n) is 8.01. The molecule has 1 atom stereocenters. The van der Waals surface area contributed by atoms with E-state index in [4.69, 9.17) is 0 Å². The number of rotatable bonds is 6. The van der Waals surface area contributed by atoms with Crippen molar-refractivity contribution in [1.29, 1.82) is 0 Å². The second-order valence-electron chi connectivity index (χ2n) is 5.62. The van der Waals surface area contributed by atoms with Crippen LogP contribution < -0.4 is 5.32 Å². The van der Waals surface area contributed by atoms with Gasteiger partial charge in [0, 0.05) is 30.2 Å². The summed E-state index contributed by atoms with van der Waals surface area (Å²) in [7, 11) is 0. The smallest absolute Gasteiger partial charge is 0.242 e. The van der Waals surface area contributed by atoms with Gasteiger partial charge >= 0.3 is 0 Å². The van der Waals surface area contributed by atoms with E-state index in [1.807, 2.05) is 36.6 Å². The van der Waals surface area contributed by atoms with Crippen LogP contribution in [0.1, 0.15) is 12.0 Å².